The highest BCUT2D eigenvalue weighted by Crippen LogP contribution is 2.34. The van der Waals surface area contributed by atoms with Crippen LogP contribution >= 0.6 is 7.14 Å². The van der Waals surface area contributed by atoms with Crippen LogP contribution in [0.25, 0.3) is 0 Å². The minimum Gasteiger partial charge on any atom is -0.341 e. The van der Waals surface area contributed by atoms with Gasteiger partial charge in [0.15, 0.2) is 0 Å². The quantitative estimate of drug-likeness (QED) is 0.485. The first-order chi connectivity index (χ1) is 13.0. The van der Waals surface area contributed by atoms with Crippen molar-refractivity contribution >= 4 is 23.8 Å². The molecule has 0 aliphatic heterocycles. The molecule has 148 valence electrons. The van der Waals surface area contributed by atoms with Crippen molar-refractivity contribution in [3.8, 4) is 0 Å². The number of benzene rings is 2. The molecule has 0 spiro atoms. The Bertz CT molecular complexity index is 940. The highest BCUT2D eigenvalue weighted by atomic mass is 31.2. The van der Waals surface area contributed by atoms with E-state index in [1.807, 2.05) is 0 Å². The third kappa shape index (κ3) is 5.70. The van der Waals surface area contributed by atoms with E-state index < -0.39 is 18.9 Å². The monoisotopic (exact) mass is 406 g/mol. The molecule has 0 saturated carbocycles. The molecule has 0 heterocycles. The van der Waals surface area contributed by atoms with E-state index in [4.69, 9.17) is 0 Å². The second kappa shape index (κ2) is 8.61. The molecule has 0 aliphatic carbocycles. The van der Waals surface area contributed by atoms with Crippen LogP contribution in [-0.2, 0) is 4.57 Å². The standard InChI is InChI=1S/C21H22F3N2OP/c1-5-19(21(22,23)24)20(16-9-7-6-8-10-16)26-15(2)25-17-11-13-18(14-12-17)28(3,4)27/h5-14,25H,2H2,1,3-4H3/b19-5+,26-20-. The average Bonchev–Trinajstić information content (AvgIpc) is 2.61. The Morgan fingerprint density at radius 2 is 1.64 bits per heavy atom. The summed E-state index contributed by atoms with van der Waals surface area (Å²) in [6.07, 6.45) is -3.55. The van der Waals surface area contributed by atoms with Gasteiger partial charge in [0.2, 0.25) is 0 Å². The van der Waals surface area contributed by atoms with Crippen LogP contribution in [0.5, 0.6) is 0 Å². The van der Waals surface area contributed by atoms with Crippen molar-refractivity contribution in [2.75, 3.05) is 18.6 Å². The smallest absolute Gasteiger partial charge is 0.341 e. The Morgan fingerprint density at radius 3 is 2.11 bits per heavy atom. The normalized spacial score (nSPS) is 13.4. The maximum absolute atomic E-state index is 13.5. The van der Waals surface area contributed by atoms with Crippen molar-refractivity contribution in [1.29, 1.82) is 0 Å². The van der Waals surface area contributed by atoms with Gasteiger partial charge in [-0.1, -0.05) is 43.0 Å². The zero-order valence-electron chi connectivity index (χ0n) is 15.9. The summed E-state index contributed by atoms with van der Waals surface area (Å²) in [6.45, 7) is 8.40. The van der Waals surface area contributed by atoms with Crippen LogP contribution in [0.3, 0.4) is 0 Å². The molecule has 0 radical (unpaired) electrons. The molecular weight excluding hydrogens is 384 g/mol. The largest absolute Gasteiger partial charge is 0.418 e. The van der Waals surface area contributed by atoms with Crippen LogP contribution in [0, 0.1) is 0 Å². The van der Waals surface area contributed by atoms with Gasteiger partial charge < -0.3 is 9.88 Å². The fraction of sp³-hybridized carbons (Fsp3) is 0.190. The summed E-state index contributed by atoms with van der Waals surface area (Å²) in [5.41, 5.74) is -0.122. The van der Waals surface area contributed by atoms with Gasteiger partial charge in [-0.25, -0.2) is 4.99 Å². The number of rotatable bonds is 6. The number of alkyl halides is 3. The molecule has 0 saturated heterocycles. The predicted octanol–water partition coefficient (Wildman–Crippen LogP) is 5.82. The molecule has 0 fully saturated rings. The zero-order chi connectivity index (χ0) is 20.9. The first-order valence-corrected chi connectivity index (χ1v) is 11.1. The molecule has 0 unspecified atom stereocenters. The summed E-state index contributed by atoms with van der Waals surface area (Å²) in [4.78, 5) is 4.12. The second-order valence-electron chi connectivity index (χ2n) is 6.50. The van der Waals surface area contributed by atoms with Crippen LogP contribution in [0.1, 0.15) is 12.5 Å². The van der Waals surface area contributed by atoms with Gasteiger partial charge in [0.1, 0.15) is 13.0 Å². The molecule has 0 amide bonds. The van der Waals surface area contributed by atoms with Crippen LogP contribution < -0.4 is 10.6 Å². The highest BCUT2D eigenvalue weighted by molar-refractivity contribution is 7.70. The first kappa shape index (κ1) is 21.7. The van der Waals surface area contributed by atoms with Gasteiger partial charge in [0, 0.05) is 16.6 Å². The van der Waals surface area contributed by atoms with E-state index in [1.165, 1.54) is 6.92 Å². The third-order valence-electron chi connectivity index (χ3n) is 3.92. The van der Waals surface area contributed by atoms with E-state index in [0.717, 1.165) is 6.08 Å². The third-order valence-corrected chi connectivity index (χ3v) is 5.46. The Hall–Kier alpha value is -2.59. The van der Waals surface area contributed by atoms with Crippen molar-refractivity contribution in [2.24, 2.45) is 4.99 Å². The van der Waals surface area contributed by atoms with E-state index in [1.54, 1.807) is 67.9 Å². The maximum Gasteiger partial charge on any atom is 0.418 e. The van der Waals surface area contributed by atoms with Gasteiger partial charge >= 0.3 is 6.18 Å². The van der Waals surface area contributed by atoms with Crippen molar-refractivity contribution in [2.45, 2.75) is 13.1 Å². The maximum atomic E-state index is 13.5. The molecule has 28 heavy (non-hydrogen) atoms. The molecular formula is C21H22F3N2OP. The Kier molecular flexibility index (Phi) is 6.68. The number of aliphatic imine (C=N–C) groups is 1. The van der Waals surface area contributed by atoms with Crippen LogP contribution in [-0.4, -0.2) is 25.2 Å². The lowest BCUT2D eigenvalue weighted by atomic mass is 10.0. The fourth-order valence-electron chi connectivity index (χ4n) is 2.54. The van der Waals surface area contributed by atoms with Gasteiger partial charge in [-0.15, -0.1) is 0 Å². The molecule has 0 aliphatic rings. The first-order valence-electron chi connectivity index (χ1n) is 8.52. The SMILES string of the molecule is C=C(/N=C(\C(=C/C)C(F)(F)F)c1ccccc1)Nc1ccc(P(C)(C)=O)cc1. The number of allylic oxidation sites excluding steroid dienone is 2. The van der Waals surface area contributed by atoms with Gasteiger partial charge in [-0.3, -0.25) is 0 Å². The fourth-order valence-corrected chi connectivity index (χ4v) is 3.41. The average molecular weight is 406 g/mol. The molecule has 2 aromatic rings. The van der Waals surface area contributed by atoms with Gasteiger partial charge in [-0.2, -0.15) is 13.2 Å². The van der Waals surface area contributed by atoms with Crippen LogP contribution in [0.2, 0.25) is 0 Å². The molecule has 0 atom stereocenters. The van der Waals surface area contributed by atoms with E-state index in [-0.39, 0.29) is 11.5 Å². The topological polar surface area (TPSA) is 41.5 Å². The Morgan fingerprint density at radius 1 is 1.07 bits per heavy atom. The van der Waals surface area contributed by atoms with Crippen LogP contribution in [0.4, 0.5) is 18.9 Å². The number of nitrogens with one attached hydrogen (secondary N) is 1. The van der Waals surface area contributed by atoms with Gasteiger partial charge in [0.25, 0.3) is 0 Å². The number of hydrogen-bond donors (Lipinski definition) is 1. The van der Waals surface area contributed by atoms with Crippen molar-refractivity contribution in [3.05, 3.63) is 84.2 Å². The van der Waals surface area contributed by atoms with Crippen molar-refractivity contribution in [1.82, 2.24) is 0 Å². The van der Waals surface area contributed by atoms with Crippen molar-refractivity contribution in [3.63, 3.8) is 0 Å². The summed E-state index contributed by atoms with van der Waals surface area (Å²) in [7, 11) is -2.38. The lowest BCUT2D eigenvalue weighted by Gasteiger charge is -2.16. The predicted molar refractivity (Wildman–Crippen MR) is 111 cm³/mol. The van der Waals surface area contributed by atoms with E-state index >= 15 is 0 Å². The molecule has 0 bridgehead atoms. The summed E-state index contributed by atoms with van der Waals surface area (Å²) in [6, 6.07) is 15.0. The summed E-state index contributed by atoms with van der Waals surface area (Å²) >= 11 is 0. The second-order valence-corrected chi connectivity index (χ2v) is 9.71. The van der Waals surface area contributed by atoms with Gasteiger partial charge in [-0.05, 0) is 44.5 Å². The highest BCUT2D eigenvalue weighted by Gasteiger charge is 2.36. The Balaban J connectivity index is 2.36. The molecule has 7 heteroatoms. The van der Waals surface area contributed by atoms with E-state index in [2.05, 4.69) is 16.9 Å². The minimum absolute atomic E-state index is 0.0615. The van der Waals surface area contributed by atoms with E-state index in [0.29, 0.717) is 16.6 Å². The number of halogens is 3. The Labute approximate surface area is 163 Å². The summed E-state index contributed by atoms with van der Waals surface area (Å²) in [5, 5.41) is 3.60. The lowest BCUT2D eigenvalue weighted by molar-refractivity contribution is -0.0861. The zero-order valence-corrected chi connectivity index (χ0v) is 16.8. The lowest BCUT2D eigenvalue weighted by Crippen LogP contribution is -2.21. The molecule has 2 rings (SSSR count). The number of nitrogens with zero attached hydrogens (tertiary/aromatic N) is 1. The number of anilines is 1. The van der Waals surface area contributed by atoms with E-state index in [9.17, 15) is 17.7 Å². The molecule has 0 aromatic heterocycles. The van der Waals surface area contributed by atoms with Crippen molar-refractivity contribution < 1.29 is 17.7 Å². The molecule has 2 aromatic carbocycles. The summed E-state index contributed by atoms with van der Waals surface area (Å²) in [5.74, 6) is 0.0615. The van der Waals surface area contributed by atoms with Crippen LogP contribution in [0.15, 0.2) is 83.6 Å². The van der Waals surface area contributed by atoms with Gasteiger partial charge in [0.05, 0.1) is 11.3 Å². The minimum atomic E-state index is -4.55. The number of hydrogen-bond acceptors (Lipinski definition) is 3. The summed E-state index contributed by atoms with van der Waals surface area (Å²) < 4.78 is 52.5. The molecule has 1 N–H and O–H groups in total. The molecule has 3 nitrogen and oxygen atoms in total.